The van der Waals surface area contributed by atoms with Crippen LogP contribution in [0.1, 0.15) is 31.9 Å². The molecule has 1 fully saturated rings. The number of rotatable bonds is 6. The van der Waals surface area contributed by atoms with E-state index in [-0.39, 0.29) is 0 Å². The van der Waals surface area contributed by atoms with Crippen LogP contribution in [0.15, 0.2) is 17.3 Å². The molecule has 0 amide bonds. The van der Waals surface area contributed by atoms with Crippen molar-refractivity contribution in [3.05, 3.63) is 18.0 Å². The average Bonchev–Trinajstić information content (AvgIpc) is 2.99. The van der Waals surface area contributed by atoms with Crippen molar-refractivity contribution in [1.82, 2.24) is 25.7 Å². The standard InChI is InChI=1S/C14H26N6/c1-2-15-14(17-12-13-6-7-18-19-13)16-8-11-20-9-4-3-5-10-20/h6-7H,2-5,8-12H2,1H3,(H,18,19)(H2,15,16,17). The number of aromatic amines is 1. The summed E-state index contributed by atoms with van der Waals surface area (Å²) < 4.78 is 0. The number of aliphatic imine (C=N–C) groups is 1. The first-order valence-corrected chi connectivity index (χ1v) is 7.61. The number of hydrogen-bond acceptors (Lipinski definition) is 3. The topological polar surface area (TPSA) is 68.3 Å². The summed E-state index contributed by atoms with van der Waals surface area (Å²) >= 11 is 0. The zero-order chi connectivity index (χ0) is 14.0. The lowest BCUT2D eigenvalue weighted by Gasteiger charge is -2.26. The molecule has 0 radical (unpaired) electrons. The normalized spacial score (nSPS) is 17.1. The molecule has 112 valence electrons. The molecule has 6 heteroatoms. The van der Waals surface area contributed by atoms with Crippen LogP contribution in [-0.4, -0.2) is 53.8 Å². The molecule has 1 aromatic heterocycles. The van der Waals surface area contributed by atoms with Gasteiger partial charge in [-0.2, -0.15) is 5.10 Å². The van der Waals surface area contributed by atoms with E-state index in [0.29, 0.717) is 6.54 Å². The number of nitrogens with zero attached hydrogens (tertiary/aromatic N) is 3. The van der Waals surface area contributed by atoms with Crippen LogP contribution in [0.3, 0.4) is 0 Å². The average molecular weight is 278 g/mol. The van der Waals surface area contributed by atoms with E-state index < -0.39 is 0 Å². The summed E-state index contributed by atoms with van der Waals surface area (Å²) in [5.41, 5.74) is 1.03. The lowest BCUT2D eigenvalue weighted by Crippen LogP contribution is -2.42. The maximum absolute atomic E-state index is 4.54. The Balaban J connectivity index is 1.72. The minimum absolute atomic E-state index is 0.624. The molecule has 0 saturated carbocycles. The highest BCUT2D eigenvalue weighted by Crippen LogP contribution is 2.07. The fraction of sp³-hybridized carbons (Fsp3) is 0.714. The number of likely N-dealkylation sites (tertiary alicyclic amines) is 1. The third-order valence-corrected chi connectivity index (χ3v) is 3.48. The van der Waals surface area contributed by atoms with Crippen LogP contribution < -0.4 is 10.6 Å². The molecular weight excluding hydrogens is 252 g/mol. The van der Waals surface area contributed by atoms with Gasteiger partial charge in [0.1, 0.15) is 0 Å². The molecule has 2 rings (SSSR count). The molecule has 0 aromatic carbocycles. The van der Waals surface area contributed by atoms with E-state index in [1.54, 1.807) is 6.20 Å². The first-order valence-electron chi connectivity index (χ1n) is 7.61. The van der Waals surface area contributed by atoms with E-state index in [4.69, 9.17) is 0 Å². The summed E-state index contributed by atoms with van der Waals surface area (Å²) in [6.45, 7) is 8.09. The second-order valence-corrected chi connectivity index (χ2v) is 5.11. The van der Waals surface area contributed by atoms with Gasteiger partial charge in [-0.15, -0.1) is 0 Å². The first-order chi connectivity index (χ1) is 9.88. The largest absolute Gasteiger partial charge is 0.357 e. The van der Waals surface area contributed by atoms with Crippen LogP contribution in [0.4, 0.5) is 0 Å². The molecular formula is C14H26N6. The lowest BCUT2D eigenvalue weighted by atomic mass is 10.1. The fourth-order valence-electron chi connectivity index (χ4n) is 2.39. The van der Waals surface area contributed by atoms with Gasteiger partial charge in [-0.05, 0) is 38.9 Å². The highest BCUT2D eigenvalue weighted by molar-refractivity contribution is 5.79. The molecule has 0 atom stereocenters. The van der Waals surface area contributed by atoms with Gasteiger partial charge < -0.3 is 15.5 Å². The van der Waals surface area contributed by atoms with Crippen LogP contribution in [0, 0.1) is 0 Å². The van der Waals surface area contributed by atoms with Crippen LogP contribution in [0.2, 0.25) is 0 Å². The van der Waals surface area contributed by atoms with Crippen molar-refractivity contribution in [3.63, 3.8) is 0 Å². The van der Waals surface area contributed by atoms with Gasteiger partial charge in [-0.1, -0.05) is 6.42 Å². The number of piperidine rings is 1. The minimum Gasteiger partial charge on any atom is -0.357 e. The number of guanidine groups is 1. The Morgan fingerprint density at radius 2 is 2.20 bits per heavy atom. The molecule has 1 aliphatic rings. The third kappa shape index (κ3) is 5.21. The lowest BCUT2D eigenvalue weighted by molar-refractivity contribution is 0.232. The Morgan fingerprint density at radius 1 is 1.35 bits per heavy atom. The van der Waals surface area contributed by atoms with E-state index >= 15 is 0 Å². The number of H-pyrrole nitrogens is 1. The maximum atomic E-state index is 4.54. The molecule has 0 bridgehead atoms. The Morgan fingerprint density at radius 3 is 2.90 bits per heavy atom. The quantitative estimate of drug-likeness (QED) is 0.535. The summed E-state index contributed by atoms with van der Waals surface area (Å²) in [4.78, 5) is 7.07. The summed E-state index contributed by atoms with van der Waals surface area (Å²) in [6.07, 6.45) is 5.82. The van der Waals surface area contributed by atoms with Crippen molar-refractivity contribution < 1.29 is 0 Å². The van der Waals surface area contributed by atoms with Gasteiger partial charge in [0.25, 0.3) is 0 Å². The summed E-state index contributed by atoms with van der Waals surface area (Å²) in [7, 11) is 0. The Bertz CT molecular complexity index is 380. The van der Waals surface area contributed by atoms with Gasteiger partial charge in [0.05, 0.1) is 12.2 Å². The Kier molecular flexibility index (Phi) is 6.37. The molecule has 1 aliphatic heterocycles. The SMILES string of the molecule is CCNC(=NCc1ccn[nH]1)NCCN1CCCCC1. The second kappa shape index (κ2) is 8.58. The van der Waals surface area contributed by atoms with Crippen LogP contribution >= 0.6 is 0 Å². The fourth-order valence-corrected chi connectivity index (χ4v) is 2.39. The molecule has 3 N–H and O–H groups in total. The summed E-state index contributed by atoms with van der Waals surface area (Å²) in [5.74, 6) is 0.874. The van der Waals surface area contributed by atoms with Crippen molar-refractivity contribution in [2.45, 2.75) is 32.7 Å². The predicted octanol–water partition coefficient (Wildman–Crippen LogP) is 0.951. The van der Waals surface area contributed by atoms with E-state index in [9.17, 15) is 0 Å². The monoisotopic (exact) mass is 278 g/mol. The molecule has 0 aliphatic carbocycles. The summed E-state index contributed by atoms with van der Waals surface area (Å²) in [6, 6.07) is 1.95. The highest BCUT2D eigenvalue weighted by Gasteiger charge is 2.09. The van der Waals surface area contributed by atoms with Crippen molar-refractivity contribution in [3.8, 4) is 0 Å². The third-order valence-electron chi connectivity index (χ3n) is 3.48. The van der Waals surface area contributed by atoms with Crippen molar-refractivity contribution in [2.75, 3.05) is 32.7 Å². The zero-order valence-electron chi connectivity index (χ0n) is 12.4. The van der Waals surface area contributed by atoms with E-state index in [0.717, 1.165) is 31.3 Å². The smallest absolute Gasteiger partial charge is 0.191 e. The van der Waals surface area contributed by atoms with Crippen molar-refractivity contribution >= 4 is 5.96 Å². The zero-order valence-corrected chi connectivity index (χ0v) is 12.4. The van der Waals surface area contributed by atoms with Gasteiger partial charge in [-0.3, -0.25) is 5.10 Å². The van der Waals surface area contributed by atoms with Gasteiger partial charge >= 0.3 is 0 Å². The molecule has 0 unspecified atom stereocenters. The molecule has 6 nitrogen and oxygen atoms in total. The van der Waals surface area contributed by atoms with Gasteiger partial charge in [0, 0.05) is 25.8 Å². The van der Waals surface area contributed by atoms with Crippen LogP contribution in [0.5, 0.6) is 0 Å². The number of aromatic nitrogens is 2. The molecule has 1 aromatic rings. The molecule has 20 heavy (non-hydrogen) atoms. The second-order valence-electron chi connectivity index (χ2n) is 5.11. The highest BCUT2D eigenvalue weighted by atomic mass is 15.2. The Hall–Kier alpha value is -1.56. The molecule has 1 saturated heterocycles. The van der Waals surface area contributed by atoms with Gasteiger partial charge in [-0.25, -0.2) is 4.99 Å². The van der Waals surface area contributed by atoms with E-state index in [1.807, 2.05) is 6.07 Å². The molecule has 2 heterocycles. The van der Waals surface area contributed by atoms with Crippen molar-refractivity contribution in [2.24, 2.45) is 4.99 Å². The number of nitrogens with one attached hydrogen (secondary N) is 3. The van der Waals surface area contributed by atoms with Gasteiger partial charge in [0.15, 0.2) is 5.96 Å². The van der Waals surface area contributed by atoms with Crippen LogP contribution in [0.25, 0.3) is 0 Å². The van der Waals surface area contributed by atoms with E-state index in [1.165, 1.54) is 32.4 Å². The van der Waals surface area contributed by atoms with Crippen LogP contribution in [-0.2, 0) is 6.54 Å². The maximum Gasteiger partial charge on any atom is 0.191 e. The van der Waals surface area contributed by atoms with Gasteiger partial charge in [0.2, 0.25) is 0 Å². The van der Waals surface area contributed by atoms with Crippen molar-refractivity contribution in [1.29, 1.82) is 0 Å². The molecule has 0 spiro atoms. The predicted molar refractivity (Wildman–Crippen MR) is 81.7 cm³/mol. The Labute approximate surface area is 121 Å². The minimum atomic E-state index is 0.624. The summed E-state index contributed by atoms with van der Waals surface area (Å²) in [5, 5.41) is 13.5. The number of hydrogen-bond donors (Lipinski definition) is 3. The first kappa shape index (κ1) is 14.8. The van der Waals surface area contributed by atoms with E-state index in [2.05, 4.69) is 37.6 Å².